The fraction of sp³-hybridized carbons (Fsp3) is 0.409. The lowest BCUT2D eigenvalue weighted by Crippen LogP contribution is -2.64. The maximum atomic E-state index is 15.5. The molecule has 0 saturated carbocycles. The minimum atomic E-state index is -3.70. The van der Waals surface area contributed by atoms with Gasteiger partial charge in [-0.15, -0.1) is 0 Å². The van der Waals surface area contributed by atoms with E-state index in [-0.39, 0.29) is 42.2 Å². The Labute approximate surface area is 184 Å². The summed E-state index contributed by atoms with van der Waals surface area (Å²) >= 11 is 0. The number of amides is 1. The van der Waals surface area contributed by atoms with Crippen molar-refractivity contribution in [3.8, 4) is 11.1 Å². The Bertz CT molecular complexity index is 1150. The largest absolute Gasteiger partial charge is 0.369 e. The Morgan fingerprint density at radius 3 is 2.50 bits per heavy atom. The molecule has 0 unspecified atom stereocenters. The van der Waals surface area contributed by atoms with E-state index in [0.717, 1.165) is 18.4 Å². The summed E-state index contributed by atoms with van der Waals surface area (Å²) in [7, 11) is -3.70. The molecule has 10 heteroatoms. The molecule has 2 aromatic carbocycles. The third-order valence-corrected chi connectivity index (χ3v) is 7.45. The third kappa shape index (κ3) is 4.14. The maximum Gasteiger partial charge on any atom is 0.246 e. The lowest BCUT2D eigenvalue weighted by molar-refractivity contribution is -0.136. The molecule has 0 bridgehead atoms. The molecule has 2 aliphatic heterocycles. The van der Waals surface area contributed by atoms with Gasteiger partial charge in [-0.3, -0.25) is 4.79 Å². The molecule has 2 aromatic rings. The van der Waals surface area contributed by atoms with E-state index < -0.39 is 45.1 Å². The standard InChI is InChI=1S/C22H23F3N2O4S/c1-13-10-22(12-31-11-20(28)26-22)19(27(13)32(2,29)30)8-14-4-3-5-18(21(14)25)15-6-16(23)9-17(24)7-15/h3-7,9,13,19H,8,10-12H2,1-2H3,(H,26,28)/t13-,19+,22-/m1/s1. The summed E-state index contributed by atoms with van der Waals surface area (Å²) < 4.78 is 74.8. The topological polar surface area (TPSA) is 75.7 Å². The zero-order valence-corrected chi connectivity index (χ0v) is 18.4. The first-order chi connectivity index (χ1) is 15.0. The first-order valence-corrected chi connectivity index (χ1v) is 12.0. The Balaban J connectivity index is 1.77. The van der Waals surface area contributed by atoms with Crippen molar-refractivity contribution in [1.82, 2.24) is 9.62 Å². The SMILES string of the molecule is C[C@@H]1C[C@@]2(COCC(=O)N2)[C@H](Cc2cccc(-c3cc(F)cc(F)c3)c2F)N1S(C)(=O)=O. The fourth-order valence-electron chi connectivity index (χ4n) is 4.99. The number of benzene rings is 2. The van der Waals surface area contributed by atoms with Crippen molar-refractivity contribution < 1.29 is 31.1 Å². The second-order valence-electron chi connectivity index (χ2n) is 8.50. The van der Waals surface area contributed by atoms with Crippen LogP contribution in [0.2, 0.25) is 0 Å². The van der Waals surface area contributed by atoms with E-state index in [2.05, 4.69) is 5.32 Å². The zero-order chi connectivity index (χ0) is 23.3. The van der Waals surface area contributed by atoms with Crippen LogP contribution in [-0.4, -0.2) is 55.7 Å². The zero-order valence-electron chi connectivity index (χ0n) is 17.6. The number of carbonyl (C=O) groups is 1. The molecule has 2 fully saturated rings. The van der Waals surface area contributed by atoms with Gasteiger partial charge in [0.25, 0.3) is 0 Å². The number of hydrogen-bond donors (Lipinski definition) is 1. The summed E-state index contributed by atoms with van der Waals surface area (Å²) in [4.78, 5) is 12.1. The quantitative estimate of drug-likeness (QED) is 0.749. The summed E-state index contributed by atoms with van der Waals surface area (Å²) in [5, 5.41) is 2.88. The Morgan fingerprint density at radius 2 is 1.88 bits per heavy atom. The molecule has 4 rings (SSSR count). The fourth-order valence-corrected chi connectivity index (χ4v) is 6.46. The average Bonchev–Trinajstić information content (AvgIpc) is 2.92. The molecule has 1 N–H and O–H groups in total. The lowest BCUT2D eigenvalue weighted by Gasteiger charge is -2.40. The van der Waals surface area contributed by atoms with Gasteiger partial charge < -0.3 is 10.1 Å². The van der Waals surface area contributed by atoms with E-state index in [4.69, 9.17) is 4.74 Å². The molecular formula is C22H23F3N2O4S. The molecule has 0 aromatic heterocycles. The highest BCUT2D eigenvalue weighted by molar-refractivity contribution is 7.88. The minimum Gasteiger partial charge on any atom is -0.369 e. The summed E-state index contributed by atoms with van der Waals surface area (Å²) in [6.07, 6.45) is 1.33. The maximum absolute atomic E-state index is 15.5. The van der Waals surface area contributed by atoms with Gasteiger partial charge in [0.2, 0.25) is 15.9 Å². The van der Waals surface area contributed by atoms with Gasteiger partial charge in [-0.1, -0.05) is 18.2 Å². The number of rotatable bonds is 4. The first kappa shape index (κ1) is 22.8. The highest BCUT2D eigenvalue weighted by Gasteiger charge is 2.56. The van der Waals surface area contributed by atoms with Crippen LogP contribution in [0.1, 0.15) is 18.9 Å². The van der Waals surface area contributed by atoms with E-state index in [1.54, 1.807) is 13.0 Å². The number of nitrogens with one attached hydrogen (secondary N) is 1. The van der Waals surface area contributed by atoms with Gasteiger partial charge in [0.15, 0.2) is 0 Å². The van der Waals surface area contributed by atoms with Crippen molar-refractivity contribution in [2.24, 2.45) is 0 Å². The second-order valence-corrected chi connectivity index (χ2v) is 10.4. The number of sulfonamides is 1. The molecule has 172 valence electrons. The number of halogens is 3. The van der Waals surface area contributed by atoms with Gasteiger partial charge in [0.1, 0.15) is 24.1 Å². The van der Waals surface area contributed by atoms with E-state index in [1.165, 1.54) is 16.4 Å². The predicted molar refractivity (Wildman–Crippen MR) is 112 cm³/mol. The summed E-state index contributed by atoms with van der Waals surface area (Å²) in [5.74, 6) is -2.74. The molecule has 1 spiro atoms. The minimum absolute atomic E-state index is 0.00386. The van der Waals surface area contributed by atoms with Gasteiger partial charge in [-0.05, 0) is 43.0 Å². The van der Waals surface area contributed by atoms with Gasteiger partial charge in [0.05, 0.1) is 24.4 Å². The van der Waals surface area contributed by atoms with E-state index in [1.807, 2.05) is 0 Å². The van der Waals surface area contributed by atoms with Crippen molar-refractivity contribution in [3.63, 3.8) is 0 Å². The molecule has 0 aliphatic carbocycles. The molecule has 6 nitrogen and oxygen atoms in total. The van der Waals surface area contributed by atoms with Crippen molar-refractivity contribution in [1.29, 1.82) is 0 Å². The van der Waals surface area contributed by atoms with Crippen LogP contribution >= 0.6 is 0 Å². The molecule has 1 amide bonds. The number of ether oxygens (including phenoxy) is 1. The monoisotopic (exact) mass is 468 g/mol. The van der Waals surface area contributed by atoms with E-state index in [0.29, 0.717) is 12.5 Å². The Hall–Kier alpha value is -2.43. The summed E-state index contributed by atoms with van der Waals surface area (Å²) in [5.41, 5.74) is -0.814. The number of carbonyl (C=O) groups excluding carboxylic acids is 1. The smallest absolute Gasteiger partial charge is 0.246 e. The number of morpholine rings is 1. The number of nitrogens with zero attached hydrogens (tertiary/aromatic N) is 1. The lowest BCUT2D eigenvalue weighted by atomic mass is 9.85. The first-order valence-electron chi connectivity index (χ1n) is 10.1. The van der Waals surface area contributed by atoms with Crippen molar-refractivity contribution in [2.45, 2.75) is 37.4 Å². The number of hydrogen-bond acceptors (Lipinski definition) is 4. The van der Waals surface area contributed by atoms with Crippen LogP contribution < -0.4 is 5.32 Å². The van der Waals surface area contributed by atoms with Crippen molar-refractivity contribution in [3.05, 3.63) is 59.4 Å². The van der Waals surface area contributed by atoms with Crippen LogP contribution in [0, 0.1) is 17.5 Å². The molecule has 2 saturated heterocycles. The molecule has 0 radical (unpaired) electrons. The van der Waals surface area contributed by atoms with Gasteiger partial charge >= 0.3 is 0 Å². The summed E-state index contributed by atoms with van der Waals surface area (Å²) in [6.45, 7) is 1.69. The average molecular weight is 468 g/mol. The molecular weight excluding hydrogens is 445 g/mol. The van der Waals surface area contributed by atoms with Crippen LogP contribution in [-0.2, 0) is 26.0 Å². The van der Waals surface area contributed by atoms with E-state index in [9.17, 15) is 22.0 Å². The highest BCUT2D eigenvalue weighted by Crippen LogP contribution is 2.39. The molecule has 2 aliphatic rings. The molecule has 32 heavy (non-hydrogen) atoms. The van der Waals surface area contributed by atoms with E-state index >= 15 is 4.39 Å². The molecule has 3 atom stereocenters. The third-order valence-electron chi connectivity index (χ3n) is 6.07. The predicted octanol–water partition coefficient (Wildman–Crippen LogP) is 2.62. The van der Waals surface area contributed by atoms with Gasteiger partial charge in [-0.2, -0.15) is 4.31 Å². The van der Waals surface area contributed by atoms with Crippen LogP contribution in [0.3, 0.4) is 0 Å². The van der Waals surface area contributed by atoms with Crippen molar-refractivity contribution >= 4 is 15.9 Å². The Kier molecular flexibility index (Phi) is 5.81. The van der Waals surface area contributed by atoms with Crippen LogP contribution in [0.4, 0.5) is 13.2 Å². The Morgan fingerprint density at radius 1 is 1.19 bits per heavy atom. The van der Waals surface area contributed by atoms with Crippen LogP contribution in [0.25, 0.3) is 11.1 Å². The van der Waals surface area contributed by atoms with Gasteiger partial charge in [0, 0.05) is 17.7 Å². The van der Waals surface area contributed by atoms with Crippen LogP contribution in [0.15, 0.2) is 36.4 Å². The summed E-state index contributed by atoms with van der Waals surface area (Å²) in [6, 6.07) is 5.96. The highest BCUT2D eigenvalue weighted by atomic mass is 32.2. The van der Waals surface area contributed by atoms with Crippen molar-refractivity contribution in [2.75, 3.05) is 19.5 Å². The van der Waals surface area contributed by atoms with Gasteiger partial charge in [-0.25, -0.2) is 21.6 Å². The normalized spacial score (nSPS) is 26.5. The second kappa shape index (κ2) is 8.17. The van der Waals surface area contributed by atoms with Crippen LogP contribution in [0.5, 0.6) is 0 Å². The molecule has 2 heterocycles.